The highest BCUT2D eigenvalue weighted by molar-refractivity contribution is 6.22. The zero-order valence-corrected chi connectivity index (χ0v) is 14.8. The van der Waals surface area contributed by atoms with E-state index in [9.17, 15) is 18.4 Å². The topological polar surface area (TPSA) is 40.6 Å². The van der Waals surface area contributed by atoms with Crippen molar-refractivity contribution >= 4 is 17.5 Å². The molecule has 2 heterocycles. The van der Waals surface area contributed by atoms with Crippen LogP contribution in [-0.2, 0) is 9.59 Å². The summed E-state index contributed by atoms with van der Waals surface area (Å²) in [7, 11) is 0. The van der Waals surface area contributed by atoms with E-state index in [1.165, 1.54) is 36.4 Å². The van der Waals surface area contributed by atoms with Gasteiger partial charge >= 0.3 is 0 Å². The van der Waals surface area contributed by atoms with E-state index >= 15 is 0 Å². The van der Waals surface area contributed by atoms with Gasteiger partial charge in [-0.2, -0.15) is 0 Å². The second kappa shape index (κ2) is 7.19. The van der Waals surface area contributed by atoms with Gasteiger partial charge in [-0.1, -0.05) is 12.1 Å². The van der Waals surface area contributed by atoms with Crippen LogP contribution < -0.4 is 4.90 Å². The summed E-state index contributed by atoms with van der Waals surface area (Å²) in [6, 6.07) is 11.5. The lowest BCUT2D eigenvalue weighted by molar-refractivity contribution is -0.123. The standard InChI is InChI=1S/C21H20F2N2O2/c22-16-3-1-14(2-4-16)15-9-11-24(12-10-15)19-13-20(26)25(21(19)27)18-7-5-17(23)6-8-18/h1-8,15,19H,9-13H2. The molecule has 2 saturated heterocycles. The van der Waals surface area contributed by atoms with Crippen molar-refractivity contribution in [3.63, 3.8) is 0 Å². The minimum absolute atomic E-state index is 0.150. The summed E-state index contributed by atoms with van der Waals surface area (Å²) in [5, 5.41) is 0. The molecule has 4 rings (SSSR count). The summed E-state index contributed by atoms with van der Waals surface area (Å²) in [6.45, 7) is 1.42. The van der Waals surface area contributed by atoms with Crippen molar-refractivity contribution < 1.29 is 18.4 Å². The van der Waals surface area contributed by atoms with Crippen LogP contribution >= 0.6 is 0 Å². The molecule has 2 aromatic carbocycles. The smallest absolute Gasteiger partial charge is 0.251 e. The minimum atomic E-state index is -0.461. The average Bonchev–Trinajstić information content (AvgIpc) is 2.98. The van der Waals surface area contributed by atoms with Gasteiger partial charge in [-0.05, 0) is 73.8 Å². The molecule has 2 aliphatic rings. The van der Waals surface area contributed by atoms with Crippen LogP contribution in [0, 0.1) is 11.6 Å². The van der Waals surface area contributed by atoms with E-state index in [1.807, 2.05) is 12.1 Å². The van der Waals surface area contributed by atoms with Crippen molar-refractivity contribution in [1.29, 1.82) is 0 Å². The van der Waals surface area contributed by atoms with Gasteiger partial charge < -0.3 is 0 Å². The molecule has 0 radical (unpaired) electrons. The molecule has 27 heavy (non-hydrogen) atoms. The molecule has 1 atom stereocenters. The molecule has 0 aliphatic carbocycles. The highest BCUT2D eigenvalue weighted by Crippen LogP contribution is 2.32. The molecular formula is C21H20F2N2O2. The summed E-state index contributed by atoms with van der Waals surface area (Å²) in [5.74, 6) is -0.809. The van der Waals surface area contributed by atoms with E-state index < -0.39 is 11.9 Å². The molecule has 140 valence electrons. The normalized spacial score (nSPS) is 21.9. The van der Waals surface area contributed by atoms with Gasteiger partial charge in [0, 0.05) is 0 Å². The average molecular weight is 370 g/mol. The number of benzene rings is 2. The first-order valence-electron chi connectivity index (χ1n) is 9.15. The molecule has 0 aromatic heterocycles. The Balaban J connectivity index is 1.43. The number of nitrogens with zero attached hydrogens (tertiary/aromatic N) is 2. The number of piperidine rings is 1. The maximum Gasteiger partial charge on any atom is 0.251 e. The van der Waals surface area contributed by atoms with Crippen LogP contribution in [0.2, 0.25) is 0 Å². The monoisotopic (exact) mass is 370 g/mol. The second-order valence-corrected chi connectivity index (χ2v) is 7.13. The Kier molecular flexibility index (Phi) is 4.74. The molecule has 2 fully saturated rings. The first-order chi connectivity index (χ1) is 13.0. The molecule has 0 bridgehead atoms. The Morgan fingerprint density at radius 1 is 0.815 bits per heavy atom. The van der Waals surface area contributed by atoms with Crippen LogP contribution in [0.5, 0.6) is 0 Å². The molecule has 0 spiro atoms. The maximum atomic E-state index is 13.1. The van der Waals surface area contributed by atoms with Crippen LogP contribution in [0.3, 0.4) is 0 Å². The van der Waals surface area contributed by atoms with Crippen LogP contribution in [0.15, 0.2) is 48.5 Å². The SMILES string of the molecule is O=C1CC(N2CCC(c3ccc(F)cc3)CC2)C(=O)N1c1ccc(F)cc1. The number of imide groups is 1. The number of amides is 2. The Hall–Kier alpha value is -2.60. The lowest BCUT2D eigenvalue weighted by atomic mass is 9.89. The molecule has 6 heteroatoms. The third-order valence-electron chi connectivity index (χ3n) is 5.52. The number of anilines is 1. The third-order valence-corrected chi connectivity index (χ3v) is 5.52. The van der Waals surface area contributed by atoms with Gasteiger partial charge in [0.1, 0.15) is 11.6 Å². The van der Waals surface area contributed by atoms with Crippen molar-refractivity contribution in [2.45, 2.75) is 31.2 Å². The van der Waals surface area contributed by atoms with Gasteiger partial charge in [-0.15, -0.1) is 0 Å². The third kappa shape index (κ3) is 3.49. The molecule has 2 aliphatic heterocycles. The molecule has 0 saturated carbocycles. The molecule has 2 amide bonds. The van der Waals surface area contributed by atoms with Crippen molar-refractivity contribution in [3.8, 4) is 0 Å². The summed E-state index contributed by atoms with van der Waals surface area (Å²) in [5.41, 5.74) is 1.52. The number of halogens is 2. The van der Waals surface area contributed by atoms with Gasteiger partial charge in [0.2, 0.25) is 5.91 Å². The van der Waals surface area contributed by atoms with E-state index in [1.54, 1.807) is 0 Å². The summed E-state index contributed by atoms with van der Waals surface area (Å²) in [4.78, 5) is 28.4. The zero-order valence-electron chi connectivity index (χ0n) is 14.8. The number of rotatable bonds is 3. The number of carbonyl (C=O) groups is 2. The molecule has 1 unspecified atom stereocenters. The predicted molar refractivity (Wildman–Crippen MR) is 97.2 cm³/mol. The summed E-state index contributed by atoms with van der Waals surface area (Å²) in [6.07, 6.45) is 1.87. The molecule has 2 aromatic rings. The minimum Gasteiger partial charge on any atom is -0.291 e. The fourth-order valence-corrected chi connectivity index (χ4v) is 4.04. The Morgan fingerprint density at radius 3 is 1.96 bits per heavy atom. The number of carbonyl (C=O) groups excluding carboxylic acids is 2. The fourth-order valence-electron chi connectivity index (χ4n) is 4.04. The lowest BCUT2D eigenvalue weighted by Gasteiger charge is -2.35. The van der Waals surface area contributed by atoms with Crippen molar-refractivity contribution in [3.05, 3.63) is 65.7 Å². The van der Waals surface area contributed by atoms with E-state index in [-0.39, 0.29) is 24.1 Å². The quantitative estimate of drug-likeness (QED) is 0.777. The summed E-state index contributed by atoms with van der Waals surface area (Å²) >= 11 is 0. The fraction of sp³-hybridized carbons (Fsp3) is 0.333. The zero-order chi connectivity index (χ0) is 19.0. The second-order valence-electron chi connectivity index (χ2n) is 7.13. The number of likely N-dealkylation sites (tertiary alicyclic amines) is 1. The first-order valence-corrected chi connectivity index (χ1v) is 9.15. The highest BCUT2D eigenvalue weighted by Gasteiger charge is 2.43. The van der Waals surface area contributed by atoms with Crippen LogP contribution in [0.1, 0.15) is 30.7 Å². The van der Waals surface area contributed by atoms with Gasteiger partial charge in [-0.3, -0.25) is 14.5 Å². The Morgan fingerprint density at radius 2 is 1.37 bits per heavy atom. The summed E-state index contributed by atoms with van der Waals surface area (Å²) < 4.78 is 26.2. The van der Waals surface area contributed by atoms with Crippen LogP contribution in [-0.4, -0.2) is 35.8 Å². The van der Waals surface area contributed by atoms with E-state index in [2.05, 4.69) is 4.90 Å². The largest absolute Gasteiger partial charge is 0.291 e. The Bertz CT molecular complexity index is 843. The number of hydrogen-bond acceptors (Lipinski definition) is 3. The van der Waals surface area contributed by atoms with E-state index in [4.69, 9.17) is 0 Å². The Labute approximate surface area is 156 Å². The lowest BCUT2D eigenvalue weighted by Crippen LogP contribution is -2.45. The van der Waals surface area contributed by atoms with E-state index in [0.717, 1.165) is 23.3 Å². The van der Waals surface area contributed by atoms with Crippen molar-refractivity contribution in [1.82, 2.24) is 4.90 Å². The van der Waals surface area contributed by atoms with Gasteiger partial charge in [-0.25, -0.2) is 13.7 Å². The molecule has 0 N–H and O–H groups in total. The molecular weight excluding hydrogens is 350 g/mol. The van der Waals surface area contributed by atoms with Crippen LogP contribution in [0.25, 0.3) is 0 Å². The van der Waals surface area contributed by atoms with E-state index in [0.29, 0.717) is 24.7 Å². The number of hydrogen-bond donors (Lipinski definition) is 0. The maximum absolute atomic E-state index is 13.1. The van der Waals surface area contributed by atoms with Crippen LogP contribution in [0.4, 0.5) is 14.5 Å². The highest BCUT2D eigenvalue weighted by atomic mass is 19.1. The van der Waals surface area contributed by atoms with Gasteiger partial charge in [0.05, 0.1) is 18.2 Å². The van der Waals surface area contributed by atoms with Gasteiger partial charge in [0.25, 0.3) is 5.91 Å². The molecule has 4 nitrogen and oxygen atoms in total. The van der Waals surface area contributed by atoms with Crippen molar-refractivity contribution in [2.75, 3.05) is 18.0 Å². The van der Waals surface area contributed by atoms with Crippen molar-refractivity contribution in [2.24, 2.45) is 0 Å². The first kappa shape index (κ1) is 17.8. The van der Waals surface area contributed by atoms with Gasteiger partial charge in [0.15, 0.2) is 0 Å². The predicted octanol–water partition coefficient (Wildman–Crippen LogP) is 3.48.